The number of aromatic nitrogens is 1. The lowest BCUT2D eigenvalue weighted by molar-refractivity contribution is 0.0868. The van der Waals surface area contributed by atoms with Crippen LogP contribution in [0.25, 0.3) is 22.0 Å². The van der Waals surface area contributed by atoms with Crippen LogP contribution in [0.2, 0.25) is 0 Å². The van der Waals surface area contributed by atoms with Crippen LogP contribution in [0.3, 0.4) is 0 Å². The summed E-state index contributed by atoms with van der Waals surface area (Å²) in [6.45, 7) is 12.6. The Kier molecular flexibility index (Phi) is 5.30. The Morgan fingerprint density at radius 3 is 2.41 bits per heavy atom. The molecule has 3 N–H and O–H groups in total. The molecule has 3 nitrogen and oxygen atoms in total. The van der Waals surface area contributed by atoms with Crippen molar-refractivity contribution in [3.8, 4) is 23.0 Å². The Labute approximate surface area is 202 Å². The van der Waals surface area contributed by atoms with E-state index in [-0.39, 0.29) is 5.92 Å². The van der Waals surface area contributed by atoms with Crippen molar-refractivity contribution in [2.45, 2.75) is 59.1 Å². The number of aryl methyl sites for hydroxylation is 3. The second-order valence-corrected chi connectivity index (χ2v) is 10.2. The Balaban J connectivity index is 1.84. The highest BCUT2D eigenvalue weighted by Crippen LogP contribution is 2.46. The fraction of sp³-hybridized carbons (Fsp3) is 0.290. The van der Waals surface area contributed by atoms with Crippen molar-refractivity contribution < 1.29 is 5.11 Å². The van der Waals surface area contributed by atoms with E-state index in [0.29, 0.717) is 0 Å². The zero-order chi connectivity index (χ0) is 24.2. The van der Waals surface area contributed by atoms with E-state index in [9.17, 15) is 5.11 Å². The van der Waals surface area contributed by atoms with Crippen molar-refractivity contribution in [2.24, 2.45) is 0 Å². The van der Waals surface area contributed by atoms with Gasteiger partial charge in [0, 0.05) is 45.4 Å². The topological polar surface area (TPSA) is 48.0 Å². The highest BCUT2D eigenvalue weighted by atomic mass is 16.3. The predicted molar refractivity (Wildman–Crippen MR) is 142 cm³/mol. The number of hydrogen-bond donors (Lipinski definition) is 3. The third-order valence-corrected chi connectivity index (χ3v) is 7.36. The van der Waals surface area contributed by atoms with Gasteiger partial charge in [-0.1, -0.05) is 55.2 Å². The molecular weight excluding hydrogens is 416 g/mol. The van der Waals surface area contributed by atoms with Crippen LogP contribution in [0.1, 0.15) is 60.1 Å². The molecule has 172 valence electrons. The summed E-state index contributed by atoms with van der Waals surface area (Å²) in [6.07, 6.45) is 1.53. The zero-order valence-electron chi connectivity index (χ0n) is 20.8. The SMILES string of the molecule is Cc1ccccc1C#Cc1c(-c2cccc3c(C)c[nH]c23)cc(C)c2c1[C@H](C)[C@@H](O)C(C)(C)N2. The minimum Gasteiger partial charge on any atom is -0.390 e. The van der Waals surface area contributed by atoms with E-state index >= 15 is 0 Å². The molecule has 0 radical (unpaired) electrons. The van der Waals surface area contributed by atoms with Gasteiger partial charge in [-0.25, -0.2) is 0 Å². The number of hydrogen-bond acceptors (Lipinski definition) is 2. The summed E-state index contributed by atoms with van der Waals surface area (Å²) < 4.78 is 0. The number of rotatable bonds is 1. The number of fused-ring (bicyclic) bond motifs is 2. The molecule has 34 heavy (non-hydrogen) atoms. The first-order valence-electron chi connectivity index (χ1n) is 12.0. The van der Waals surface area contributed by atoms with E-state index in [4.69, 9.17) is 0 Å². The van der Waals surface area contributed by atoms with E-state index < -0.39 is 11.6 Å². The van der Waals surface area contributed by atoms with E-state index in [2.05, 4.69) is 106 Å². The van der Waals surface area contributed by atoms with Gasteiger partial charge >= 0.3 is 0 Å². The molecule has 0 saturated heterocycles. The van der Waals surface area contributed by atoms with Gasteiger partial charge in [0.2, 0.25) is 0 Å². The van der Waals surface area contributed by atoms with Crippen molar-refractivity contribution >= 4 is 16.6 Å². The van der Waals surface area contributed by atoms with Crippen molar-refractivity contribution in [3.63, 3.8) is 0 Å². The molecular formula is C31H32N2O. The molecule has 0 aliphatic carbocycles. The lowest BCUT2D eigenvalue weighted by atomic mass is 9.75. The third-order valence-electron chi connectivity index (χ3n) is 7.36. The summed E-state index contributed by atoms with van der Waals surface area (Å²) in [5, 5.41) is 16.1. The third kappa shape index (κ3) is 3.50. The maximum absolute atomic E-state index is 11.2. The molecule has 5 rings (SSSR count). The number of benzene rings is 3. The average molecular weight is 449 g/mol. The molecule has 3 heteroatoms. The first kappa shape index (κ1) is 22.3. The fourth-order valence-electron chi connectivity index (χ4n) is 5.35. The Morgan fingerprint density at radius 1 is 0.882 bits per heavy atom. The Morgan fingerprint density at radius 2 is 1.65 bits per heavy atom. The van der Waals surface area contributed by atoms with E-state index in [1.165, 1.54) is 16.5 Å². The lowest BCUT2D eigenvalue weighted by Crippen LogP contribution is -2.50. The predicted octanol–water partition coefficient (Wildman–Crippen LogP) is 6.83. The van der Waals surface area contributed by atoms with Crippen LogP contribution in [0.15, 0.2) is 54.7 Å². The van der Waals surface area contributed by atoms with Crippen LogP contribution >= 0.6 is 0 Å². The summed E-state index contributed by atoms with van der Waals surface area (Å²) in [4.78, 5) is 3.48. The van der Waals surface area contributed by atoms with Crippen molar-refractivity contribution in [3.05, 3.63) is 88.1 Å². The van der Waals surface area contributed by atoms with Crippen LogP contribution in [0.4, 0.5) is 5.69 Å². The molecule has 0 fully saturated rings. The number of para-hydroxylation sites is 1. The normalized spacial score (nSPS) is 18.7. The molecule has 0 bridgehead atoms. The smallest absolute Gasteiger partial charge is 0.0831 e. The van der Waals surface area contributed by atoms with Crippen LogP contribution in [0, 0.1) is 32.6 Å². The average Bonchev–Trinajstić information content (AvgIpc) is 3.19. The summed E-state index contributed by atoms with van der Waals surface area (Å²) >= 11 is 0. The first-order valence-corrected chi connectivity index (χ1v) is 12.0. The van der Waals surface area contributed by atoms with E-state index in [1.54, 1.807) is 0 Å². The van der Waals surface area contributed by atoms with Gasteiger partial charge in [0.05, 0.1) is 17.2 Å². The van der Waals surface area contributed by atoms with Crippen molar-refractivity contribution in [1.29, 1.82) is 0 Å². The van der Waals surface area contributed by atoms with E-state index in [1.807, 2.05) is 12.1 Å². The number of aromatic amines is 1. The molecule has 2 atom stereocenters. The molecule has 1 aromatic heterocycles. The molecule has 0 unspecified atom stereocenters. The van der Waals surface area contributed by atoms with Gasteiger partial charge in [-0.05, 0) is 69.0 Å². The fourth-order valence-corrected chi connectivity index (χ4v) is 5.35. The molecule has 0 amide bonds. The second-order valence-electron chi connectivity index (χ2n) is 10.2. The number of aliphatic hydroxyl groups excluding tert-OH is 1. The van der Waals surface area contributed by atoms with Gasteiger partial charge in [0.1, 0.15) is 0 Å². The minimum atomic E-state index is -0.530. The molecule has 0 spiro atoms. The molecule has 1 aliphatic rings. The van der Waals surface area contributed by atoms with Crippen LogP contribution in [-0.4, -0.2) is 21.7 Å². The van der Waals surface area contributed by atoms with Gasteiger partial charge in [-0.2, -0.15) is 0 Å². The Hall–Kier alpha value is -3.48. The van der Waals surface area contributed by atoms with Gasteiger partial charge in [0.25, 0.3) is 0 Å². The molecule has 1 aliphatic heterocycles. The molecule has 0 saturated carbocycles. The van der Waals surface area contributed by atoms with Gasteiger partial charge in [0.15, 0.2) is 0 Å². The second kappa shape index (κ2) is 8.08. The molecule has 3 aromatic carbocycles. The summed E-state index contributed by atoms with van der Waals surface area (Å²) in [6, 6.07) is 16.9. The number of H-pyrrole nitrogens is 1. The highest BCUT2D eigenvalue weighted by Gasteiger charge is 2.40. The molecule has 4 aromatic rings. The van der Waals surface area contributed by atoms with Crippen LogP contribution in [-0.2, 0) is 0 Å². The zero-order valence-corrected chi connectivity index (χ0v) is 20.8. The number of anilines is 1. The van der Waals surface area contributed by atoms with Crippen molar-refractivity contribution in [2.75, 3.05) is 5.32 Å². The van der Waals surface area contributed by atoms with Crippen LogP contribution in [0.5, 0.6) is 0 Å². The lowest BCUT2D eigenvalue weighted by Gasteiger charge is -2.43. The minimum absolute atomic E-state index is 0.0596. The monoisotopic (exact) mass is 448 g/mol. The maximum Gasteiger partial charge on any atom is 0.0831 e. The van der Waals surface area contributed by atoms with Gasteiger partial charge < -0.3 is 15.4 Å². The summed E-state index contributed by atoms with van der Waals surface area (Å²) in [7, 11) is 0. The molecule has 2 heterocycles. The maximum atomic E-state index is 11.2. The quantitative estimate of drug-likeness (QED) is 0.280. The standard InChI is InChI=1S/C31H32N2O/c1-18-10-7-8-11-22(18)14-15-24-26(25-13-9-12-23-20(3)17-32-29(23)25)16-19(2)28-27(24)21(4)30(34)31(5,6)33-28/h7-13,16-17,21,30,32-34H,1-6H3/t21-,30+/m0/s1. The largest absolute Gasteiger partial charge is 0.390 e. The van der Waals surface area contributed by atoms with Crippen molar-refractivity contribution in [1.82, 2.24) is 4.98 Å². The summed E-state index contributed by atoms with van der Waals surface area (Å²) in [5.41, 5.74) is 10.7. The van der Waals surface area contributed by atoms with E-state index in [0.717, 1.165) is 44.6 Å². The van der Waals surface area contributed by atoms with Gasteiger partial charge in [-0.15, -0.1) is 0 Å². The highest BCUT2D eigenvalue weighted by molar-refractivity contribution is 5.98. The van der Waals surface area contributed by atoms with Crippen LogP contribution < -0.4 is 5.32 Å². The Bertz CT molecular complexity index is 1480. The number of nitrogens with one attached hydrogen (secondary N) is 2. The summed E-state index contributed by atoms with van der Waals surface area (Å²) in [5.74, 6) is 6.95. The first-order chi connectivity index (χ1) is 16.2. The number of aliphatic hydroxyl groups is 1. The van der Waals surface area contributed by atoms with Gasteiger partial charge in [-0.3, -0.25) is 0 Å².